The van der Waals surface area contributed by atoms with E-state index in [4.69, 9.17) is 14.2 Å². The normalized spacial score (nSPS) is 20.2. The number of ether oxygens (including phenoxy) is 3. The van der Waals surface area contributed by atoms with E-state index < -0.39 is 23.5 Å². The number of esters is 2. The highest BCUT2D eigenvalue weighted by molar-refractivity contribution is 6.18. The quantitative estimate of drug-likeness (QED) is 0.439. The smallest absolute Gasteiger partial charge is 0.348 e. The van der Waals surface area contributed by atoms with Gasteiger partial charge in [0, 0.05) is 20.5 Å². The zero-order valence-corrected chi connectivity index (χ0v) is 15.8. The van der Waals surface area contributed by atoms with Crippen LogP contribution in [0, 0.1) is 11.7 Å². The zero-order chi connectivity index (χ0) is 19.4. The zero-order valence-electron chi connectivity index (χ0n) is 15.8. The molecule has 1 aliphatic carbocycles. The highest BCUT2D eigenvalue weighted by atomic mass is 19.1. The SMILES string of the molecule is CC1(C)OC(=O)C(=Cc2ccc(F)cc2COCC2CCCCC2)C(=O)O1. The van der Waals surface area contributed by atoms with Crippen LogP contribution >= 0.6 is 0 Å². The van der Waals surface area contributed by atoms with Gasteiger partial charge in [0.05, 0.1) is 6.61 Å². The molecule has 0 atom stereocenters. The largest absolute Gasteiger partial charge is 0.419 e. The van der Waals surface area contributed by atoms with E-state index in [0.29, 0.717) is 23.7 Å². The van der Waals surface area contributed by atoms with Crippen LogP contribution in [0.2, 0.25) is 0 Å². The highest BCUT2D eigenvalue weighted by Crippen LogP contribution is 2.27. The van der Waals surface area contributed by atoms with E-state index in [-0.39, 0.29) is 12.2 Å². The predicted octanol–water partition coefficient (Wildman–Crippen LogP) is 4.14. The Morgan fingerprint density at radius 1 is 1.15 bits per heavy atom. The second-order valence-corrected chi connectivity index (χ2v) is 7.60. The Morgan fingerprint density at radius 2 is 1.81 bits per heavy atom. The van der Waals surface area contributed by atoms with Crippen molar-refractivity contribution in [2.24, 2.45) is 5.92 Å². The van der Waals surface area contributed by atoms with E-state index in [2.05, 4.69) is 0 Å². The molecule has 0 unspecified atom stereocenters. The molecule has 2 fully saturated rings. The van der Waals surface area contributed by atoms with Crippen LogP contribution in [0.5, 0.6) is 0 Å². The van der Waals surface area contributed by atoms with Gasteiger partial charge in [0.1, 0.15) is 11.4 Å². The number of rotatable bonds is 5. The van der Waals surface area contributed by atoms with Crippen LogP contribution in [-0.4, -0.2) is 24.3 Å². The van der Waals surface area contributed by atoms with Gasteiger partial charge in [-0.2, -0.15) is 0 Å². The molecule has 146 valence electrons. The first-order valence-electron chi connectivity index (χ1n) is 9.38. The maximum absolute atomic E-state index is 13.7. The molecule has 6 heteroatoms. The van der Waals surface area contributed by atoms with E-state index in [1.807, 2.05) is 0 Å². The minimum atomic E-state index is -1.29. The Hall–Kier alpha value is -2.21. The first-order valence-corrected chi connectivity index (χ1v) is 9.38. The third-order valence-corrected chi connectivity index (χ3v) is 4.86. The first-order chi connectivity index (χ1) is 12.8. The van der Waals surface area contributed by atoms with Gasteiger partial charge in [0.25, 0.3) is 5.79 Å². The molecule has 27 heavy (non-hydrogen) atoms. The van der Waals surface area contributed by atoms with Crippen molar-refractivity contribution in [3.8, 4) is 0 Å². The van der Waals surface area contributed by atoms with Gasteiger partial charge in [0.15, 0.2) is 0 Å². The summed E-state index contributed by atoms with van der Waals surface area (Å²) < 4.78 is 29.7. The molecule has 1 saturated heterocycles. The summed E-state index contributed by atoms with van der Waals surface area (Å²) in [6, 6.07) is 4.15. The monoisotopic (exact) mass is 376 g/mol. The molecule has 1 aromatic rings. The molecule has 2 aliphatic rings. The average molecular weight is 376 g/mol. The molecule has 0 spiro atoms. The van der Waals surface area contributed by atoms with E-state index in [1.165, 1.54) is 57.4 Å². The molecule has 0 N–H and O–H groups in total. The number of cyclic esters (lactones) is 2. The molecule has 0 bridgehead atoms. The number of hydrogen-bond acceptors (Lipinski definition) is 5. The lowest BCUT2D eigenvalue weighted by molar-refractivity contribution is -0.222. The van der Waals surface area contributed by atoms with Crippen molar-refractivity contribution in [1.29, 1.82) is 0 Å². The number of carbonyl (C=O) groups is 2. The van der Waals surface area contributed by atoms with Crippen LogP contribution in [0.4, 0.5) is 4.39 Å². The Bertz CT molecular complexity index is 725. The minimum Gasteiger partial charge on any atom is -0.419 e. The Labute approximate surface area is 158 Å². The molecule has 1 saturated carbocycles. The van der Waals surface area contributed by atoms with Gasteiger partial charge >= 0.3 is 11.9 Å². The van der Waals surface area contributed by atoms with E-state index >= 15 is 0 Å². The third-order valence-electron chi connectivity index (χ3n) is 4.86. The number of carbonyl (C=O) groups excluding carboxylic acids is 2. The van der Waals surface area contributed by atoms with Crippen LogP contribution in [-0.2, 0) is 30.4 Å². The summed E-state index contributed by atoms with van der Waals surface area (Å²) >= 11 is 0. The molecule has 0 radical (unpaired) electrons. The van der Waals surface area contributed by atoms with Crippen molar-refractivity contribution in [3.05, 3.63) is 40.7 Å². The van der Waals surface area contributed by atoms with Crippen LogP contribution in [0.25, 0.3) is 6.08 Å². The second kappa shape index (κ2) is 8.21. The van der Waals surface area contributed by atoms with Gasteiger partial charge in [-0.15, -0.1) is 0 Å². The summed E-state index contributed by atoms with van der Waals surface area (Å²) in [5.41, 5.74) is 0.891. The second-order valence-electron chi connectivity index (χ2n) is 7.60. The van der Waals surface area contributed by atoms with Crippen molar-refractivity contribution < 1.29 is 28.2 Å². The third kappa shape index (κ3) is 5.16. The fourth-order valence-corrected chi connectivity index (χ4v) is 3.46. The lowest BCUT2D eigenvalue weighted by Gasteiger charge is -2.29. The van der Waals surface area contributed by atoms with Gasteiger partial charge in [-0.05, 0) is 48.1 Å². The molecule has 1 aromatic carbocycles. The molecule has 0 amide bonds. The molecule has 1 aliphatic heterocycles. The summed E-state index contributed by atoms with van der Waals surface area (Å²) in [7, 11) is 0. The first kappa shape index (κ1) is 19.5. The summed E-state index contributed by atoms with van der Waals surface area (Å²) in [5.74, 6) is -2.66. The Kier molecular flexibility index (Phi) is 5.95. The van der Waals surface area contributed by atoms with Crippen molar-refractivity contribution >= 4 is 18.0 Å². The van der Waals surface area contributed by atoms with Crippen LogP contribution < -0.4 is 0 Å². The highest BCUT2D eigenvalue weighted by Gasteiger charge is 2.38. The van der Waals surface area contributed by atoms with Gasteiger partial charge < -0.3 is 14.2 Å². The molecule has 0 aromatic heterocycles. The van der Waals surface area contributed by atoms with Gasteiger partial charge in [0.2, 0.25) is 0 Å². The Balaban J connectivity index is 1.73. The summed E-state index contributed by atoms with van der Waals surface area (Å²) in [4.78, 5) is 24.3. The maximum atomic E-state index is 13.7. The number of benzene rings is 1. The van der Waals surface area contributed by atoms with Crippen molar-refractivity contribution in [2.75, 3.05) is 6.61 Å². The summed E-state index contributed by atoms with van der Waals surface area (Å²) in [5, 5.41) is 0. The van der Waals surface area contributed by atoms with E-state index in [1.54, 1.807) is 0 Å². The maximum Gasteiger partial charge on any atom is 0.348 e. The molecule has 1 heterocycles. The van der Waals surface area contributed by atoms with Crippen molar-refractivity contribution in [3.63, 3.8) is 0 Å². The summed E-state index contributed by atoms with van der Waals surface area (Å²) in [6.07, 6.45) is 7.43. The van der Waals surface area contributed by atoms with Crippen molar-refractivity contribution in [2.45, 2.75) is 58.3 Å². The predicted molar refractivity (Wildman–Crippen MR) is 96.9 cm³/mol. The average Bonchev–Trinajstić information content (AvgIpc) is 2.60. The van der Waals surface area contributed by atoms with Gasteiger partial charge in [-0.25, -0.2) is 14.0 Å². The molecule has 3 rings (SSSR count). The van der Waals surface area contributed by atoms with Gasteiger partial charge in [-0.3, -0.25) is 0 Å². The van der Waals surface area contributed by atoms with Crippen LogP contribution in [0.15, 0.2) is 23.8 Å². The summed E-state index contributed by atoms with van der Waals surface area (Å²) in [6.45, 7) is 3.82. The molecular weight excluding hydrogens is 351 g/mol. The minimum absolute atomic E-state index is 0.211. The van der Waals surface area contributed by atoms with Crippen LogP contribution in [0.3, 0.4) is 0 Å². The topological polar surface area (TPSA) is 61.8 Å². The molecule has 5 nitrogen and oxygen atoms in total. The number of hydrogen-bond donors (Lipinski definition) is 0. The Morgan fingerprint density at radius 3 is 2.48 bits per heavy atom. The van der Waals surface area contributed by atoms with E-state index in [9.17, 15) is 14.0 Å². The van der Waals surface area contributed by atoms with Crippen molar-refractivity contribution in [1.82, 2.24) is 0 Å². The molecular formula is C21H25FO5. The lowest BCUT2D eigenvalue weighted by Crippen LogP contribution is -2.41. The van der Waals surface area contributed by atoms with Gasteiger partial charge in [-0.1, -0.05) is 25.3 Å². The standard InChI is InChI=1S/C21H25FO5/c1-21(2)26-19(23)18(20(24)27-21)11-15-8-9-17(22)10-16(15)13-25-12-14-6-4-3-5-7-14/h8-11,14H,3-7,12-13H2,1-2H3. The van der Waals surface area contributed by atoms with E-state index in [0.717, 1.165) is 12.8 Å². The lowest BCUT2D eigenvalue weighted by atomic mass is 9.90. The number of halogens is 1. The fraction of sp³-hybridized carbons (Fsp3) is 0.524. The van der Waals surface area contributed by atoms with Crippen LogP contribution in [0.1, 0.15) is 57.1 Å². The fourth-order valence-electron chi connectivity index (χ4n) is 3.46.